The molecule has 0 aliphatic rings. The summed E-state index contributed by atoms with van der Waals surface area (Å²) in [5.41, 5.74) is 37.8. The molecule has 0 spiro atoms. The molecular weight excluding hydrogens is 226 g/mol. The van der Waals surface area contributed by atoms with Gasteiger partial charge in [0.05, 0.1) is 5.69 Å². The summed E-state index contributed by atoms with van der Waals surface area (Å²) in [6, 6.07) is 0. The fourth-order valence-corrected chi connectivity index (χ4v) is 0.890. The Bertz CT molecular complexity index is 474. The van der Waals surface area contributed by atoms with E-state index < -0.39 is 0 Å². The minimum atomic E-state index is 0.0741. The zero-order valence-corrected chi connectivity index (χ0v) is 8.94. The SMILES string of the molecule is Nc1coc(N)c1N.Nc1oc(N)c(N)c1N. The third kappa shape index (κ3) is 2.40. The molecule has 0 saturated carbocycles. The number of nitrogen functional groups attached to an aromatic ring is 7. The van der Waals surface area contributed by atoms with Crippen molar-refractivity contribution in [1.29, 1.82) is 0 Å². The van der Waals surface area contributed by atoms with Gasteiger partial charge in [-0.25, -0.2) is 0 Å². The van der Waals surface area contributed by atoms with E-state index in [4.69, 9.17) is 40.1 Å². The van der Waals surface area contributed by atoms with Gasteiger partial charge >= 0.3 is 0 Å². The largest absolute Gasteiger partial charge is 0.445 e. The van der Waals surface area contributed by atoms with E-state index in [2.05, 4.69) is 8.83 Å². The smallest absolute Gasteiger partial charge is 0.218 e. The lowest BCUT2D eigenvalue weighted by molar-refractivity contribution is 0.589. The molecule has 0 aromatic carbocycles. The van der Waals surface area contributed by atoms with E-state index in [1.165, 1.54) is 6.26 Å². The Balaban J connectivity index is 0.000000171. The Morgan fingerprint density at radius 3 is 1.24 bits per heavy atom. The fourth-order valence-electron chi connectivity index (χ4n) is 0.890. The summed E-state index contributed by atoms with van der Waals surface area (Å²) in [7, 11) is 0. The van der Waals surface area contributed by atoms with Crippen LogP contribution in [-0.2, 0) is 0 Å². The highest BCUT2D eigenvalue weighted by Gasteiger charge is 2.08. The van der Waals surface area contributed by atoms with E-state index in [0.717, 1.165) is 0 Å². The first-order valence-corrected chi connectivity index (χ1v) is 4.41. The molecule has 0 saturated heterocycles. The average Bonchev–Trinajstić information content (AvgIpc) is 2.69. The van der Waals surface area contributed by atoms with Crippen LogP contribution < -0.4 is 40.1 Å². The summed E-state index contributed by atoms with van der Waals surface area (Å²) in [5, 5.41) is 0. The highest BCUT2D eigenvalue weighted by molar-refractivity contribution is 5.81. The Labute approximate surface area is 96.5 Å². The second-order valence-electron chi connectivity index (χ2n) is 3.13. The molecule has 2 rings (SSSR count). The van der Waals surface area contributed by atoms with Gasteiger partial charge in [0, 0.05) is 0 Å². The summed E-state index contributed by atoms with van der Waals surface area (Å²) in [4.78, 5) is 0. The first-order chi connectivity index (χ1) is 7.84. The second kappa shape index (κ2) is 4.35. The van der Waals surface area contributed by atoms with Crippen LogP contribution in [0.15, 0.2) is 15.1 Å². The normalized spacial score (nSPS) is 9.65. The molecule has 0 aliphatic heterocycles. The molecule has 17 heavy (non-hydrogen) atoms. The molecule has 14 N–H and O–H groups in total. The van der Waals surface area contributed by atoms with Crippen LogP contribution in [0, 0.1) is 0 Å². The highest BCUT2D eigenvalue weighted by Crippen LogP contribution is 2.31. The number of furan rings is 2. The minimum Gasteiger partial charge on any atom is -0.445 e. The molecule has 94 valence electrons. The molecule has 0 aliphatic carbocycles. The fraction of sp³-hybridized carbons (Fsp3) is 0. The minimum absolute atomic E-state index is 0.0741. The maximum atomic E-state index is 5.28. The standard InChI is InChI=1S/C4H8N4O.C4H7N3O/c5-1-2(6)4(8)9-3(1)7;5-2-1-8-4(7)3(2)6/h5-8H2;1H,5-7H2. The zero-order chi connectivity index (χ0) is 13.2. The molecule has 0 fully saturated rings. The molecule has 9 nitrogen and oxygen atoms in total. The first-order valence-electron chi connectivity index (χ1n) is 4.41. The number of anilines is 7. The third-order valence-electron chi connectivity index (χ3n) is 1.93. The van der Waals surface area contributed by atoms with E-state index in [9.17, 15) is 0 Å². The van der Waals surface area contributed by atoms with Crippen LogP contribution in [0.25, 0.3) is 0 Å². The zero-order valence-electron chi connectivity index (χ0n) is 8.94. The van der Waals surface area contributed by atoms with Crippen molar-refractivity contribution < 1.29 is 8.83 Å². The summed E-state index contributed by atoms with van der Waals surface area (Å²) in [6.07, 6.45) is 1.31. The second-order valence-corrected chi connectivity index (χ2v) is 3.13. The van der Waals surface area contributed by atoms with E-state index in [-0.39, 0.29) is 29.0 Å². The van der Waals surface area contributed by atoms with Crippen LogP contribution in [0.4, 0.5) is 40.4 Å². The lowest BCUT2D eigenvalue weighted by Crippen LogP contribution is -1.95. The van der Waals surface area contributed by atoms with E-state index >= 15 is 0 Å². The van der Waals surface area contributed by atoms with Gasteiger partial charge < -0.3 is 49.0 Å². The molecule has 2 heterocycles. The van der Waals surface area contributed by atoms with Crippen LogP contribution in [0.2, 0.25) is 0 Å². The first kappa shape index (κ1) is 12.2. The van der Waals surface area contributed by atoms with Gasteiger partial charge in [0.25, 0.3) is 0 Å². The molecule has 0 radical (unpaired) electrons. The van der Waals surface area contributed by atoms with Gasteiger partial charge in [0.15, 0.2) is 0 Å². The van der Waals surface area contributed by atoms with Gasteiger partial charge in [-0.1, -0.05) is 0 Å². The monoisotopic (exact) mass is 241 g/mol. The average molecular weight is 241 g/mol. The van der Waals surface area contributed by atoms with Gasteiger partial charge in [-0.2, -0.15) is 0 Å². The van der Waals surface area contributed by atoms with Crippen LogP contribution in [0.3, 0.4) is 0 Å². The molecule has 2 aromatic heterocycles. The Morgan fingerprint density at radius 1 is 0.647 bits per heavy atom. The van der Waals surface area contributed by atoms with Crippen molar-refractivity contribution in [3.63, 3.8) is 0 Å². The molecule has 0 bridgehead atoms. The van der Waals surface area contributed by atoms with Crippen molar-refractivity contribution in [2.45, 2.75) is 0 Å². The van der Waals surface area contributed by atoms with Gasteiger partial charge in [0.1, 0.15) is 23.3 Å². The Hall–Kier alpha value is -2.84. The van der Waals surface area contributed by atoms with Gasteiger partial charge in [-0.05, 0) is 0 Å². The number of nitrogens with two attached hydrogens (primary N) is 7. The van der Waals surface area contributed by atoms with Crippen molar-refractivity contribution in [2.24, 2.45) is 0 Å². The summed E-state index contributed by atoms with van der Waals surface area (Å²) < 4.78 is 9.27. The molecule has 2 aromatic rings. The summed E-state index contributed by atoms with van der Waals surface area (Å²) in [6.45, 7) is 0. The van der Waals surface area contributed by atoms with E-state index in [1.807, 2.05) is 0 Å². The maximum absolute atomic E-state index is 5.28. The van der Waals surface area contributed by atoms with Crippen molar-refractivity contribution in [3.05, 3.63) is 6.26 Å². The third-order valence-corrected chi connectivity index (χ3v) is 1.93. The lowest BCUT2D eigenvalue weighted by atomic mass is 10.4. The van der Waals surface area contributed by atoms with Crippen molar-refractivity contribution in [3.8, 4) is 0 Å². The molecule has 0 amide bonds. The molecular formula is C8H15N7O2. The maximum Gasteiger partial charge on any atom is 0.218 e. The topological polar surface area (TPSA) is 208 Å². The number of hydrogen-bond donors (Lipinski definition) is 7. The van der Waals surface area contributed by atoms with E-state index in [1.54, 1.807) is 0 Å². The molecule has 9 heteroatoms. The van der Waals surface area contributed by atoms with Gasteiger partial charge in [-0.15, -0.1) is 0 Å². The predicted octanol–water partition coefficient (Wildman–Crippen LogP) is -0.365. The predicted molar refractivity (Wildman–Crippen MR) is 68.3 cm³/mol. The molecule has 0 atom stereocenters. The van der Waals surface area contributed by atoms with Crippen molar-refractivity contribution in [2.75, 3.05) is 40.1 Å². The Kier molecular flexibility index (Phi) is 3.13. The Morgan fingerprint density at radius 2 is 1.12 bits per heavy atom. The summed E-state index contributed by atoms with van der Waals surface area (Å²) >= 11 is 0. The van der Waals surface area contributed by atoms with E-state index in [0.29, 0.717) is 11.4 Å². The van der Waals surface area contributed by atoms with Crippen LogP contribution >= 0.6 is 0 Å². The van der Waals surface area contributed by atoms with Gasteiger partial charge in [0.2, 0.25) is 17.7 Å². The molecule has 0 unspecified atom stereocenters. The van der Waals surface area contributed by atoms with Crippen molar-refractivity contribution in [1.82, 2.24) is 0 Å². The lowest BCUT2D eigenvalue weighted by Gasteiger charge is -1.85. The number of hydrogen-bond acceptors (Lipinski definition) is 9. The summed E-state index contributed by atoms with van der Waals surface area (Å²) in [5.74, 6) is 0.331. The highest BCUT2D eigenvalue weighted by atomic mass is 16.4. The van der Waals surface area contributed by atoms with Crippen LogP contribution in [0.1, 0.15) is 0 Å². The van der Waals surface area contributed by atoms with Gasteiger partial charge in [-0.3, -0.25) is 0 Å². The van der Waals surface area contributed by atoms with Crippen LogP contribution in [-0.4, -0.2) is 0 Å². The van der Waals surface area contributed by atoms with Crippen LogP contribution in [0.5, 0.6) is 0 Å². The number of rotatable bonds is 0. The van der Waals surface area contributed by atoms with Crippen molar-refractivity contribution >= 4 is 40.4 Å². The quantitative estimate of drug-likeness (QED) is 0.320.